The van der Waals surface area contributed by atoms with Crippen LogP contribution in [0.5, 0.6) is 0 Å². The summed E-state index contributed by atoms with van der Waals surface area (Å²) in [6.45, 7) is 4.87. The van der Waals surface area contributed by atoms with Gasteiger partial charge in [0, 0.05) is 13.8 Å². The molecule has 0 aliphatic rings. The third-order valence-corrected chi connectivity index (χ3v) is 1.08. The Bertz CT molecular complexity index is 119. The summed E-state index contributed by atoms with van der Waals surface area (Å²) in [6.07, 6.45) is 0. The summed E-state index contributed by atoms with van der Waals surface area (Å²) in [5.41, 5.74) is 0. The van der Waals surface area contributed by atoms with E-state index in [0.717, 1.165) is 0 Å². The molecule has 0 saturated heterocycles. The summed E-state index contributed by atoms with van der Waals surface area (Å²) < 4.78 is 45.8. The molecule has 0 aliphatic carbocycles. The van der Waals surface area contributed by atoms with Gasteiger partial charge in [-0.3, -0.25) is 0 Å². The van der Waals surface area contributed by atoms with E-state index < -0.39 is 11.6 Å². The van der Waals surface area contributed by atoms with Crippen LogP contribution in [-0.4, -0.2) is 11.6 Å². The summed E-state index contributed by atoms with van der Waals surface area (Å²) in [7, 11) is 0. The van der Waals surface area contributed by atoms with Crippen molar-refractivity contribution in [1.29, 1.82) is 0 Å². The van der Waals surface area contributed by atoms with Crippen molar-refractivity contribution in [3.63, 3.8) is 0 Å². The van der Waals surface area contributed by atoms with Gasteiger partial charge in [-0.15, -0.1) is 19.8 Å². The van der Waals surface area contributed by atoms with Gasteiger partial charge in [0.1, 0.15) is 0 Å². The summed E-state index contributed by atoms with van der Waals surface area (Å²) in [6, 6.07) is 0. The van der Waals surface area contributed by atoms with Crippen molar-refractivity contribution in [2.75, 3.05) is 0 Å². The van der Waals surface area contributed by atoms with Gasteiger partial charge in [0.05, 0.1) is 0 Å². The van der Waals surface area contributed by atoms with Crippen molar-refractivity contribution in [2.24, 2.45) is 0 Å². The Labute approximate surface area is 64.6 Å². The van der Waals surface area contributed by atoms with Gasteiger partial charge in [-0.1, -0.05) is 0 Å². The maximum Gasteiger partial charge on any atom is 0.303 e. The van der Waals surface area contributed by atoms with Gasteiger partial charge in [0.2, 0.25) is 0 Å². The summed E-state index contributed by atoms with van der Waals surface area (Å²) in [5, 5.41) is 0. The van der Waals surface area contributed by atoms with E-state index in [1.807, 2.05) is 0 Å². The molecular weight excluding hydrogens is 188 g/mol. The lowest BCUT2D eigenvalue weighted by molar-refractivity contribution is -0.528. The first-order valence-electron chi connectivity index (χ1n) is 2.39. The Morgan fingerprint density at radius 1 is 0.667 bits per heavy atom. The Hall–Kier alpha value is -0.440. The van der Waals surface area contributed by atoms with Gasteiger partial charge < -0.3 is 0 Å². The lowest BCUT2D eigenvalue weighted by Crippen LogP contribution is -2.53. The molecule has 0 spiro atoms. The molecule has 0 bridgehead atoms. The molecular formula is C4H4F4O4. The number of hydrogen-bond donors (Lipinski definition) is 0. The lowest BCUT2D eigenvalue weighted by atomic mass is 10.1. The number of hydrogen-bond acceptors (Lipinski definition) is 4. The number of halogens is 4. The third kappa shape index (κ3) is 1.66. The molecule has 72 valence electrons. The van der Waals surface area contributed by atoms with E-state index >= 15 is 0 Å². The Kier molecular flexibility index (Phi) is 3.84. The van der Waals surface area contributed by atoms with Crippen molar-refractivity contribution < 1.29 is 37.9 Å². The van der Waals surface area contributed by atoms with E-state index in [4.69, 9.17) is 0 Å². The minimum absolute atomic E-state index is 2.43. The Morgan fingerprint density at radius 3 is 0.917 bits per heavy atom. The molecule has 0 aromatic heterocycles. The first-order chi connectivity index (χ1) is 5.49. The van der Waals surface area contributed by atoms with E-state index in [1.54, 1.807) is 0 Å². The first-order valence-corrected chi connectivity index (χ1v) is 2.39. The molecule has 0 amide bonds. The third-order valence-electron chi connectivity index (χ3n) is 1.08. The van der Waals surface area contributed by atoms with E-state index in [0.29, 0.717) is 0 Å². The SMILES string of the molecule is [CH2]C(OF)(OF)C([CH2])(OF)OF. The van der Waals surface area contributed by atoms with Crippen LogP contribution in [-0.2, 0) is 19.8 Å². The van der Waals surface area contributed by atoms with Gasteiger partial charge in [0.15, 0.2) is 0 Å². The molecule has 0 saturated carbocycles. The topological polar surface area (TPSA) is 36.9 Å². The number of rotatable bonds is 5. The highest BCUT2D eigenvalue weighted by molar-refractivity contribution is 4.90. The van der Waals surface area contributed by atoms with Gasteiger partial charge in [0.25, 0.3) is 0 Å². The van der Waals surface area contributed by atoms with Crippen LogP contribution in [0.1, 0.15) is 0 Å². The molecule has 0 atom stereocenters. The molecule has 4 nitrogen and oxygen atoms in total. The molecule has 12 heavy (non-hydrogen) atoms. The zero-order chi connectivity index (χ0) is 9.83. The average molecular weight is 192 g/mol. The van der Waals surface area contributed by atoms with Crippen LogP contribution in [0.3, 0.4) is 0 Å². The molecule has 0 rings (SSSR count). The second kappa shape index (κ2) is 3.99. The molecule has 0 aromatic carbocycles. The molecule has 0 aromatic rings. The van der Waals surface area contributed by atoms with Crippen molar-refractivity contribution in [3.8, 4) is 0 Å². The molecule has 0 aliphatic heterocycles. The Balaban J connectivity index is 4.66. The van der Waals surface area contributed by atoms with Crippen LogP contribution >= 0.6 is 0 Å². The van der Waals surface area contributed by atoms with Crippen LogP contribution in [0.2, 0.25) is 0 Å². The largest absolute Gasteiger partial charge is 0.303 e. The van der Waals surface area contributed by atoms with E-state index in [9.17, 15) is 18.1 Å². The maximum atomic E-state index is 11.5. The van der Waals surface area contributed by atoms with Crippen molar-refractivity contribution >= 4 is 0 Å². The van der Waals surface area contributed by atoms with Gasteiger partial charge in [-0.2, -0.15) is 0 Å². The van der Waals surface area contributed by atoms with Crippen LogP contribution in [0.25, 0.3) is 0 Å². The van der Waals surface area contributed by atoms with E-state index in [2.05, 4.69) is 33.6 Å². The highest BCUT2D eigenvalue weighted by Crippen LogP contribution is 2.32. The Morgan fingerprint density at radius 2 is 0.833 bits per heavy atom. The minimum Gasteiger partial charge on any atom is -0.149 e. The fourth-order valence-electron chi connectivity index (χ4n) is 0.259. The molecule has 0 unspecified atom stereocenters. The van der Waals surface area contributed by atoms with Crippen LogP contribution in [0.4, 0.5) is 18.1 Å². The average Bonchev–Trinajstić information content (AvgIpc) is 2.15. The minimum atomic E-state index is -3.35. The highest BCUT2D eigenvalue weighted by Gasteiger charge is 2.56. The van der Waals surface area contributed by atoms with E-state index in [-0.39, 0.29) is 0 Å². The predicted octanol–water partition coefficient (Wildman–Crippen LogP) is 1.65. The summed E-state index contributed by atoms with van der Waals surface area (Å²) in [5.74, 6) is -6.70. The van der Waals surface area contributed by atoms with Gasteiger partial charge in [-0.25, -0.2) is 0 Å². The fraction of sp³-hybridized carbons (Fsp3) is 0.500. The van der Waals surface area contributed by atoms with Crippen LogP contribution in [0.15, 0.2) is 0 Å². The van der Waals surface area contributed by atoms with Gasteiger partial charge in [-0.05, 0) is 18.1 Å². The quantitative estimate of drug-likeness (QED) is 0.490. The molecule has 2 radical (unpaired) electrons. The first kappa shape index (κ1) is 11.6. The van der Waals surface area contributed by atoms with E-state index in [1.165, 1.54) is 0 Å². The highest BCUT2D eigenvalue weighted by atomic mass is 19.3. The molecule has 0 fully saturated rings. The molecule has 0 N–H and O–H groups in total. The smallest absolute Gasteiger partial charge is 0.149 e. The fourth-order valence-corrected chi connectivity index (χ4v) is 0.259. The standard InChI is InChI=1S/C4H4F4O4/c1-3(9-5,10-6)4(2,11-7)12-8/h1-2H2. The van der Waals surface area contributed by atoms with Crippen LogP contribution < -0.4 is 0 Å². The van der Waals surface area contributed by atoms with Crippen molar-refractivity contribution in [2.45, 2.75) is 11.6 Å². The summed E-state index contributed by atoms with van der Waals surface area (Å²) >= 11 is 0. The normalized spacial score (nSPS) is 13.5. The lowest BCUT2D eigenvalue weighted by Gasteiger charge is -2.30. The monoisotopic (exact) mass is 192 g/mol. The predicted molar refractivity (Wildman–Crippen MR) is 24.9 cm³/mol. The molecule has 8 heteroatoms. The molecule has 0 heterocycles. The van der Waals surface area contributed by atoms with Crippen LogP contribution in [0, 0.1) is 13.8 Å². The van der Waals surface area contributed by atoms with Crippen molar-refractivity contribution in [1.82, 2.24) is 0 Å². The zero-order valence-corrected chi connectivity index (χ0v) is 5.56. The zero-order valence-electron chi connectivity index (χ0n) is 5.56. The second-order valence-electron chi connectivity index (χ2n) is 1.81. The maximum absolute atomic E-state index is 11.5. The second-order valence-corrected chi connectivity index (χ2v) is 1.81. The van der Waals surface area contributed by atoms with Gasteiger partial charge >= 0.3 is 11.6 Å². The van der Waals surface area contributed by atoms with Crippen molar-refractivity contribution in [3.05, 3.63) is 13.8 Å². The summed E-state index contributed by atoms with van der Waals surface area (Å²) in [4.78, 5) is 10.5.